The van der Waals surface area contributed by atoms with Gasteiger partial charge in [-0.3, -0.25) is 0 Å². The molecule has 0 bridgehead atoms. The number of nitrogens with two attached hydrogens (primary N) is 1. The summed E-state index contributed by atoms with van der Waals surface area (Å²) in [5, 5.41) is 29.2. The van der Waals surface area contributed by atoms with Gasteiger partial charge in [0.15, 0.2) is 0 Å². The lowest BCUT2D eigenvalue weighted by molar-refractivity contribution is 0.122. The molecular weight excluding hydrogens is 304 g/mol. The van der Waals surface area contributed by atoms with Crippen LogP contribution in [0.25, 0.3) is 0 Å². The van der Waals surface area contributed by atoms with Gasteiger partial charge in [-0.25, -0.2) is 4.98 Å². The molecule has 24 heavy (non-hydrogen) atoms. The standard InChI is InChI=1S/C17H18N6O/c18-9-12-14(17(11-20)3-1-2-4-17)13(10-19)16(22-15(12)21)23-5-7-24-8-6-23/h1-8H2,(H2,21,22). The number of anilines is 2. The maximum absolute atomic E-state index is 9.84. The van der Waals surface area contributed by atoms with Crippen LogP contribution in [0.5, 0.6) is 0 Å². The lowest BCUT2D eigenvalue weighted by Gasteiger charge is -2.31. The predicted molar refractivity (Wildman–Crippen MR) is 86.9 cm³/mol. The highest BCUT2D eigenvalue weighted by molar-refractivity contribution is 5.71. The number of ether oxygens (including phenoxy) is 1. The summed E-state index contributed by atoms with van der Waals surface area (Å²) in [4.78, 5) is 6.28. The van der Waals surface area contributed by atoms with Crippen LogP contribution >= 0.6 is 0 Å². The topological polar surface area (TPSA) is 123 Å². The van der Waals surface area contributed by atoms with Gasteiger partial charge in [0, 0.05) is 18.7 Å². The number of aromatic nitrogens is 1. The molecule has 0 radical (unpaired) electrons. The van der Waals surface area contributed by atoms with Crippen molar-refractivity contribution in [3.63, 3.8) is 0 Å². The van der Waals surface area contributed by atoms with Crippen LogP contribution in [0.2, 0.25) is 0 Å². The molecular formula is C17H18N6O. The normalized spacial score (nSPS) is 19.3. The molecule has 7 heteroatoms. The summed E-state index contributed by atoms with van der Waals surface area (Å²) in [6.45, 7) is 2.30. The number of hydrogen-bond donors (Lipinski definition) is 1. The number of hydrogen-bond acceptors (Lipinski definition) is 7. The van der Waals surface area contributed by atoms with E-state index >= 15 is 0 Å². The molecule has 1 aliphatic carbocycles. The molecule has 3 rings (SSSR count). The highest BCUT2D eigenvalue weighted by atomic mass is 16.5. The summed E-state index contributed by atoms with van der Waals surface area (Å²) in [7, 11) is 0. The zero-order chi connectivity index (χ0) is 17.2. The molecule has 0 amide bonds. The van der Waals surface area contributed by atoms with Gasteiger partial charge in [-0.05, 0) is 12.8 Å². The van der Waals surface area contributed by atoms with Crippen molar-refractivity contribution in [3.05, 3.63) is 16.7 Å². The average molecular weight is 322 g/mol. The fourth-order valence-corrected chi connectivity index (χ4v) is 3.69. The van der Waals surface area contributed by atoms with E-state index in [9.17, 15) is 15.8 Å². The van der Waals surface area contributed by atoms with Crippen molar-refractivity contribution < 1.29 is 4.74 Å². The van der Waals surface area contributed by atoms with Crippen LogP contribution in [0, 0.1) is 34.0 Å². The second kappa shape index (κ2) is 6.35. The lowest BCUT2D eigenvalue weighted by Crippen LogP contribution is -2.38. The highest BCUT2D eigenvalue weighted by Gasteiger charge is 2.42. The van der Waals surface area contributed by atoms with Crippen molar-refractivity contribution in [3.8, 4) is 18.2 Å². The summed E-state index contributed by atoms with van der Waals surface area (Å²) in [6.07, 6.45) is 3.08. The first-order valence-electron chi connectivity index (χ1n) is 8.05. The van der Waals surface area contributed by atoms with Crippen LogP contribution in [0.4, 0.5) is 11.6 Å². The van der Waals surface area contributed by atoms with E-state index in [1.807, 2.05) is 4.90 Å². The maximum Gasteiger partial charge on any atom is 0.149 e. The third kappa shape index (κ3) is 2.42. The average Bonchev–Trinajstić information content (AvgIpc) is 3.11. The van der Waals surface area contributed by atoms with Crippen molar-refractivity contribution in [1.82, 2.24) is 4.98 Å². The van der Waals surface area contributed by atoms with E-state index in [1.54, 1.807) is 0 Å². The van der Waals surface area contributed by atoms with Gasteiger partial charge in [-0.1, -0.05) is 12.8 Å². The first-order valence-corrected chi connectivity index (χ1v) is 8.05. The number of pyridine rings is 1. The van der Waals surface area contributed by atoms with Gasteiger partial charge in [-0.2, -0.15) is 15.8 Å². The molecule has 2 fully saturated rings. The van der Waals surface area contributed by atoms with E-state index in [1.165, 1.54) is 0 Å². The zero-order valence-corrected chi connectivity index (χ0v) is 13.4. The summed E-state index contributed by atoms with van der Waals surface area (Å²) in [6, 6.07) is 6.64. The van der Waals surface area contributed by atoms with Gasteiger partial charge in [-0.15, -0.1) is 0 Å². The van der Waals surface area contributed by atoms with Gasteiger partial charge in [0.05, 0.1) is 24.7 Å². The number of morpholine rings is 1. The highest BCUT2D eigenvalue weighted by Crippen LogP contribution is 2.46. The zero-order valence-electron chi connectivity index (χ0n) is 13.4. The molecule has 2 N–H and O–H groups in total. The Labute approximate surface area is 140 Å². The fourth-order valence-electron chi connectivity index (χ4n) is 3.69. The van der Waals surface area contributed by atoms with E-state index in [0.29, 0.717) is 56.1 Å². The molecule has 1 aromatic rings. The van der Waals surface area contributed by atoms with Gasteiger partial charge in [0.1, 0.15) is 34.9 Å². The first kappa shape index (κ1) is 16.1. The monoisotopic (exact) mass is 322 g/mol. The molecule has 1 aliphatic heterocycles. The van der Waals surface area contributed by atoms with Gasteiger partial charge in [0.2, 0.25) is 0 Å². The summed E-state index contributed by atoms with van der Waals surface area (Å²) in [5.41, 5.74) is 6.17. The Morgan fingerprint density at radius 1 is 1.04 bits per heavy atom. The minimum atomic E-state index is -0.825. The third-order valence-corrected chi connectivity index (χ3v) is 4.89. The molecule has 122 valence electrons. The first-order chi connectivity index (χ1) is 11.7. The molecule has 0 aromatic carbocycles. The second-order valence-electron chi connectivity index (χ2n) is 6.17. The lowest BCUT2D eigenvalue weighted by atomic mass is 9.76. The maximum atomic E-state index is 9.84. The minimum Gasteiger partial charge on any atom is -0.383 e. The van der Waals surface area contributed by atoms with Crippen molar-refractivity contribution in [2.24, 2.45) is 0 Å². The van der Waals surface area contributed by atoms with E-state index < -0.39 is 5.41 Å². The van der Waals surface area contributed by atoms with Crippen LogP contribution in [0.3, 0.4) is 0 Å². The quantitative estimate of drug-likeness (QED) is 0.876. The molecule has 0 atom stereocenters. The Hall–Kier alpha value is -2.82. The summed E-state index contributed by atoms with van der Waals surface area (Å²) < 4.78 is 5.35. The Balaban J connectivity index is 2.26. The minimum absolute atomic E-state index is 0.0921. The summed E-state index contributed by atoms with van der Waals surface area (Å²) >= 11 is 0. The Kier molecular flexibility index (Phi) is 4.25. The summed E-state index contributed by atoms with van der Waals surface area (Å²) in [5.74, 6) is 0.559. The second-order valence-corrected chi connectivity index (χ2v) is 6.17. The largest absolute Gasteiger partial charge is 0.383 e. The van der Waals surface area contributed by atoms with Gasteiger partial charge in [0.25, 0.3) is 0 Å². The molecule has 0 spiro atoms. The van der Waals surface area contributed by atoms with Gasteiger partial charge < -0.3 is 15.4 Å². The molecule has 0 unspecified atom stereocenters. The number of nitriles is 3. The Morgan fingerprint density at radius 3 is 2.21 bits per heavy atom. The van der Waals surface area contributed by atoms with E-state index in [2.05, 4.69) is 23.2 Å². The van der Waals surface area contributed by atoms with Crippen LogP contribution in [-0.2, 0) is 10.2 Å². The molecule has 2 aliphatic rings. The number of rotatable bonds is 2. The van der Waals surface area contributed by atoms with Crippen LogP contribution in [0.1, 0.15) is 42.4 Å². The van der Waals surface area contributed by atoms with E-state index in [0.717, 1.165) is 12.8 Å². The third-order valence-electron chi connectivity index (χ3n) is 4.89. The number of nitrogens with zero attached hydrogens (tertiary/aromatic N) is 5. The van der Waals surface area contributed by atoms with Crippen molar-refractivity contribution >= 4 is 11.6 Å². The smallest absolute Gasteiger partial charge is 0.149 e. The van der Waals surface area contributed by atoms with E-state index in [-0.39, 0.29) is 11.4 Å². The molecule has 1 aromatic heterocycles. The molecule has 1 saturated heterocycles. The van der Waals surface area contributed by atoms with Crippen LogP contribution in [-0.4, -0.2) is 31.3 Å². The molecule has 1 saturated carbocycles. The van der Waals surface area contributed by atoms with Crippen LogP contribution in [0.15, 0.2) is 0 Å². The number of nitrogen functional groups attached to an aromatic ring is 1. The van der Waals surface area contributed by atoms with Crippen LogP contribution < -0.4 is 10.6 Å². The SMILES string of the molecule is N#Cc1c(N)nc(N2CCOCC2)c(C#N)c1C1(C#N)CCCC1. The van der Waals surface area contributed by atoms with Crippen molar-refractivity contribution in [1.29, 1.82) is 15.8 Å². The fraction of sp³-hybridized carbons (Fsp3) is 0.529. The molecule has 7 nitrogen and oxygen atoms in total. The van der Waals surface area contributed by atoms with Crippen molar-refractivity contribution in [2.75, 3.05) is 36.9 Å². The van der Waals surface area contributed by atoms with E-state index in [4.69, 9.17) is 10.5 Å². The van der Waals surface area contributed by atoms with Gasteiger partial charge >= 0.3 is 0 Å². The Bertz CT molecular complexity index is 770. The molecule has 2 heterocycles. The Morgan fingerprint density at radius 2 is 1.67 bits per heavy atom. The predicted octanol–water partition coefficient (Wildman–Crippen LogP) is 1.58. The van der Waals surface area contributed by atoms with Crippen molar-refractivity contribution in [2.45, 2.75) is 31.1 Å².